The van der Waals surface area contributed by atoms with E-state index in [2.05, 4.69) is 86.3 Å². The minimum atomic E-state index is 1.06. The van der Waals surface area contributed by atoms with E-state index in [0.717, 1.165) is 39.2 Å². The molecule has 0 aliphatic heterocycles. The second kappa shape index (κ2) is 7.28. The number of benzene rings is 2. The molecule has 1 heterocycles. The molecule has 0 N–H and O–H groups in total. The number of hydrogen-bond donors (Lipinski definition) is 0. The van der Waals surface area contributed by atoms with Gasteiger partial charge in [-0.2, -0.15) is 0 Å². The molecule has 0 unspecified atom stereocenters. The molecule has 128 valence electrons. The number of hydrogen-bond acceptors (Lipinski definition) is 0. The van der Waals surface area contributed by atoms with Crippen LogP contribution in [-0.4, -0.2) is 4.57 Å². The minimum Gasteiger partial charge on any atom is -0.309 e. The molecule has 3 rings (SSSR count). The van der Waals surface area contributed by atoms with Crippen molar-refractivity contribution in [2.75, 3.05) is 0 Å². The Morgan fingerprint density at radius 3 is 2.08 bits per heavy atom. The minimum absolute atomic E-state index is 1.06. The maximum atomic E-state index is 4.07. The zero-order valence-electron chi connectivity index (χ0n) is 15.2. The first kappa shape index (κ1) is 17.5. The topological polar surface area (TPSA) is 4.93 Å². The van der Waals surface area contributed by atoms with E-state index in [1.54, 1.807) is 0 Å². The van der Waals surface area contributed by atoms with Crippen LogP contribution < -0.4 is 0 Å². The van der Waals surface area contributed by atoms with Crippen LogP contribution in [0.1, 0.15) is 29.3 Å². The molecule has 0 radical (unpaired) electrons. The Kier molecular flexibility index (Phi) is 4.90. The molecule has 0 saturated heterocycles. The SMILES string of the molecule is C=C/C(C)=C/c1c(C=C)n(-c2ccc(C=C)cc2)c2ccc(C=C)cc12. The Bertz CT molecular complexity index is 1040. The van der Waals surface area contributed by atoms with Crippen LogP contribution in [0.15, 0.2) is 80.4 Å². The largest absolute Gasteiger partial charge is 0.309 e. The summed E-state index contributed by atoms with van der Waals surface area (Å²) in [6.45, 7) is 17.7. The van der Waals surface area contributed by atoms with E-state index in [0.29, 0.717) is 0 Å². The normalized spacial score (nSPS) is 11.3. The summed E-state index contributed by atoms with van der Waals surface area (Å²) in [6.07, 6.45) is 9.66. The average molecular weight is 337 g/mol. The lowest BCUT2D eigenvalue weighted by Crippen LogP contribution is -1.97. The van der Waals surface area contributed by atoms with Crippen LogP contribution in [0, 0.1) is 0 Å². The summed E-state index contributed by atoms with van der Waals surface area (Å²) in [5.74, 6) is 0. The Labute approximate surface area is 155 Å². The highest BCUT2D eigenvalue weighted by atomic mass is 15.0. The van der Waals surface area contributed by atoms with Crippen LogP contribution in [0.5, 0.6) is 0 Å². The van der Waals surface area contributed by atoms with E-state index >= 15 is 0 Å². The molecule has 0 aliphatic rings. The van der Waals surface area contributed by atoms with E-state index in [9.17, 15) is 0 Å². The summed E-state index contributed by atoms with van der Waals surface area (Å²) >= 11 is 0. The maximum absolute atomic E-state index is 4.07. The molecular formula is C25H23N. The van der Waals surface area contributed by atoms with Gasteiger partial charge in [-0.05, 0) is 54.5 Å². The number of allylic oxidation sites excluding steroid dienone is 2. The highest BCUT2D eigenvalue weighted by Crippen LogP contribution is 2.33. The number of fused-ring (bicyclic) bond motifs is 1. The zero-order valence-corrected chi connectivity index (χ0v) is 15.2. The van der Waals surface area contributed by atoms with Gasteiger partial charge in [-0.1, -0.05) is 68.3 Å². The second-order valence-corrected chi connectivity index (χ2v) is 6.21. The fourth-order valence-electron chi connectivity index (χ4n) is 3.16. The van der Waals surface area contributed by atoms with Crippen molar-refractivity contribution < 1.29 is 0 Å². The summed E-state index contributed by atoms with van der Waals surface area (Å²) in [6, 6.07) is 14.8. The second-order valence-electron chi connectivity index (χ2n) is 6.21. The van der Waals surface area contributed by atoms with Crippen molar-refractivity contribution in [3.63, 3.8) is 0 Å². The summed E-state index contributed by atoms with van der Waals surface area (Å²) in [7, 11) is 0. The molecule has 3 aromatic rings. The first-order chi connectivity index (χ1) is 12.6. The molecule has 1 nitrogen and oxygen atoms in total. The first-order valence-corrected chi connectivity index (χ1v) is 8.60. The predicted molar refractivity (Wildman–Crippen MR) is 117 cm³/mol. The maximum Gasteiger partial charge on any atom is 0.0541 e. The Balaban J connectivity index is 2.40. The summed E-state index contributed by atoms with van der Waals surface area (Å²) in [5.41, 5.74) is 7.74. The Morgan fingerprint density at radius 2 is 1.50 bits per heavy atom. The Hall–Kier alpha value is -3.32. The standard InChI is InChI=1S/C25H23N/c1-6-18(5)16-22-23-17-20(8-3)12-15-25(23)26(24(22)9-4)21-13-10-19(7-2)11-14-21/h6-17H,1-4H2,5H3/b18-16+. The van der Waals surface area contributed by atoms with Gasteiger partial charge in [-0.3, -0.25) is 0 Å². The fraction of sp³-hybridized carbons (Fsp3) is 0.0400. The highest BCUT2D eigenvalue weighted by molar-refractivity contribution is 5.97. The van der Waals surface area contributed by atoms with E-state index in [1.165, 1.54) is 5.39 Å². The average Bonchev–Trinajstić information content (AvgIpc) is 3.00. The molecule has 0 bridgehead atoms. The van der Waals surface area contributed by atoms with Gasteiger partial charge in [0, 0.05) is 16.6 Å². The molecule has 0 saturated carbocycles. The van der Waals surface area contributed by atoms with Gasteiger partial charge in [-0.25, -0.2) is 0 Å². The van der Waals surface area contributed by atoms with Gasteiger partial charge < -0.3 is 4.57 Å². The number of aromatic nitrogens is 1. The first-order valence-electron chi connectivity index (χ1n) is 8.60. The quantitative estimate of drug-likeness (QED) is 0.421. The monoisotopic (exact) mass is 337 g/mol. The van der Waals surface area contributed by atoms with E-state index in [1.807, 2.05) is 24.3 Å². The molecule has 0 atom stereocenters. The van der Waals surface area contributed by atoms with Crippen molar-refractivity contribution in [1.29, 1.82) is 0 Å². The number of nitrogens with zero attached hydrogens (tertiary/aromatic N) is 1. The van der Waals surface area contributed by atoms with E-state index in [4.69, 9.17) is 0 Å². The highest BCUT2D eigenvalue weighted by Gasteiger charge is 2.15. The molecule has 1 heteroatoms. The van der Waals surface area contributed by atoms with Crippen molar-refractivity contribution in [2.45, 2.75) is 6.92 Å². The summed E-state index contributed by atoms with van der Waals surface area (Å²) < 4.78 is 2.24. The van der Waals surface area contributed by atoms with Crippen LogP contribution in [0.2, 0.25) is 0 Å². The van der Waals surface area contributed by atoms with Crippen molar-refractivity contribution in [2.24, 2.45) is 0 Å². The van der Waals surface area contributed by atoms with Gasteiger partial charge in [-0.15, -0.1) is 0 Å². The smallest absolute Gasteiger partial charge is 0.0541 e. The number of rotatable bonds is 6. The van der Waals surface area contributed by atoms with Gasteiger partial charge in [0.2, 0.25) is 0 Å². The van der Waals surface area contributed by atoms with Crippen molar-refractivity contribution in [3.8, 4) is 5.69 Å². The lowest BCUT2D eigenvalue weighted by molar-refractivity contribution is 1.10. The van der Waals surface area contributed by atoms with Crippen LogP contribution in [0.4, 0.5) is 0 Å². The lowest BCUT2D eigenvalue weighted by atomic mass is 10.1. The van der Waals surface area contributed by atoms with Gasteiger partial charge >= 0.3 is 0 Å². The molecular weight excluding hydrogens is 314 g/mol. The van der Waals surface area contributed by atoms with Gasteiger partial charge in [0.1, 0.15) is 0 Å². The van der Waals surface area contributed by atoms with Crippen LogP contribution in [-0.2, 0) is 0 Å². The van der Waals surface area contributed by atoms with E-state index in [-0.39, 0.29) is 0 Å². The molecule has 26 heavy (non-hydrogen) atoms. The van der Waals surface area contributed by atoms with Crippen molar-refractivity contribution in [3.05, 3.63) is 103 Å². The molecule has 0 fully saturated rings. The van der Waals surface area contributed by atoms with Crippen LogP contribution in [0.3, 0.4) is 0 Å². The fourth-order valence-corrected chi connectivity index (χ4v) is 3.16. The molecule has 2 aromatic carbocycles. The van der Waals surface area contributed by atoms with Crippen LogP contribution in [0.25, 0.3) is 40.9 Å². The molecule has 0 spiro atoms. The molecule has 1 aromatic heterocycles. The van der Waals surface area contributed by atoms with E-state index < -0.39 is 0 Å². The summed E-state index contributed by atoms with van der Waals surface area (Å²) in [5, 5.41) is 1.17. The predicted octanol–water partition coefficient (Wildman–Crippen LogP) is 7.15. The lowest BCUT2D eigenvalue weighted by Gasteiger charge is -2.09. The third-order valence-electron chi connectivity index (χ3n) is 4.58. The third-order valence-corrected chi connectivity index (χ3v) is 4.58. The van der Waals surface area contributed by atoms with Crippen LogP contribution >= 0.6 is 0 Å². The summed E-state index contributed by atoms with van der Waals surface area (Å²) in [4.78, 5) is 0. The zero-order chi connectivity index (χ0) is 18.7. The van der Waals surface area contributed by atoms with Gasteiger partial charge in [0.15, 0.2) is 0 Å². The molecule has 0 amide bonds. The van der Waals surface area contributed by atoms with Gasteiger partial charge in [0.05, 0.1) is 11.2 Å². The van der Waals surface area contributed by atoms with Gasteiger partial charge in [0.25, 0.3) is 0 Å². The third kappa shape index (κ3) is 3.00. The molecule has 0 aliphatic carbocycles. The Morgan fingerprint density at radius 1 is 0.846 bits per heavy atom. The van der Waals surface area contributed by atoms with Crippen molar-refractivity contribution in [1.82, 2.24) is 4.57 Å². The van der Waals surface area contributed by atoms with Crippen molar-refractivity contribution >= 4 is 35.2 Å².